The van der Waals surface area contributed by atoms with Crippen LogP contribution in [0.25, 0.3) is 22.5 Å². The molecule has 0 spiro atoms. The van der Waals surface area contributed by atoms with Gasteiger partial charge in [0.25, 0.3) is 0 Å². The number of phenols is 1. The highest BCUT2D eigenvalue weighted by Crippen LogP contribution is 2.40. The lowest BCUT2D eigenvalue weighted by atomic mass is 9.99. The highest BCUT2D eigenvalue weighted by atomic mass is 16.5. The molecular weight excluding hydrogens is 278 g/mol. The zero-order valence-corrected chi connectivity index (χ0v) is 12.5. The number of rotatable bonds is 4. The summed E-state index contributed by atoms with van der Waals surface area (Å²) in [5.41, 5.74) is 3.47. The molecule has 0 aliphatic carbocycles. The number of nitrogens with zero attached hydrogens (tertiary/aromatic N) is 1. The molecule has 0 radical (unpaired) electrons. The van der Waals surface area contributed by atoms with Gasteiger partial charge in [-0.15, -0.1) is 0 Å². The Morgan fingerprint density at radius 1 is 1.14 bits per heavy atom. The standard InChI is InChI=1S/C18H17NO3/c1-3-12-9-14(16(20)10-17(12)21-2)18-15(11-19-22-18)13-7-5-4-6-8-13/h4-11,20H,3H2,1-2H3. The molecule has 0 bridgehead atoms. The zero-order valence-electron chi connectivity index (χ0n) is 12.5. The van der Waals surface area contributed by atoms with Gasteiger partial charge < -0.3 is 14.4 Å². The Balaban J connectivity index is 2.15. The van der Waals surface area contributed by atoms with E-state index in [1.807, 2.05) is 43.3 Å². The van der Waals surface area contributed by atoms with Crippen molar-refractivity contribution >= 4 is 0 Å². The molecule has 4 heteroatoms. The lowest BCUT2D eigenvalue weighted by Crippen LogP contribution is -1.92. The summed E-state index contributed by atoms with van der Waals surface area (Å²) in [7, 11) is 1.59. The fourth-order valence-electron chi connectivity index (χ4n) is 2.52. The van der Waals surface area contributed by atoms with Gasteiger partial charge >= 0.3 is 0 Å². The lowest BCUT2D eigenvalue weighted by Gasteiger charge is -2.11. The van der Waals surface area contributed by atoms with Crippen molar-refractivity contribution in [3.8, 4) is 33.9 Å². The summed E-state index contributed by atoms with van der Waals surface area (Å²) in [4.78, 5) is 0. The molecule has 2 aromatic carbocycles. The van der Waals surface area contributed by atoms with Crippen molar-refractivity contribution in [2.24, 2.45) is 0 Å². The van der Waals surface area contributed by atoms with Gasteiger partial charge in [0.2, 0.25) is 0 Å². The summed E-state index contributed by atoms with van der Waals surface area (Å²) in [6.45, 7) is 2.04. The van der Waals surface area contributed by atoms with Crippen molar-refractivity contribution in [3.05, 3.63) is 54.2 Å². The molecule has 4 nitrogen and oxygen atoms in total. The molecule has 1 heterocycles. The summed E-state index contributed by atoms with van der Waals surface area (Å²) in [6.07, 6.45) is 2.46. The number of hydrogen-bond acceptors (Lipinski definition) is 4. The number of ether oxygens (including phenoxy) is 1. The second kappa shape index (κ2) is 5.93. The van der Waals surface area contributed by atoms with E-state index in [9.17, 15) is 5.11 Å². The van der Waals surface area contributed by atoms with Crippen LogP contribution in [0.4, 0.5) is 0 Å². The smallest absolute Gasteiger partial charge is 0.178 e. The molecule has 0 aliphatic rings. The van der Waals surface area contributed by atoms with Crippen molar-refractivity contribution in [2.75, 3.05) is 7.11 Å². The van der Waals surface area contributed by atoms with E-state index in [1.165, 1.54) is 0 Å². The van der Waals surface area contributed by atoms with Gasteiger partial charge in [-0.05, 0) is 23.6 Å². The number of aromatic hydroxyl groups is 1. The van der Waals surface area contributed by atoms with E-state index in [1.54, 1.807) is 19.4 Å². The first-order valence-electron chi connectivity index (χ1n) is 7.15. The summed E-state index contributed by atoms with van der Waals surface area (Å²) >= 11 is 0. The highest BCUT2D eigenvalue weighted by Gasteiger charge is 2.18. The molecule has 22 heavy (non-hydrogen) atoms. The minimum absolute atomic E-state index is 0.114. The number of aryl methyl sites for hydroxylation is 1. The first-order chi connectivity index (χ1) is 10.7. The second-order valence-electron chi connectivity index (χ2n) is 4.97. The predicted octanol–water partition coefficient (Wildman–Crippen LogP) is 4.29. The van der Waals surface area contributed by atoms with Crippen LogP contribution in [0.5, 0.6) is 11.5 Å². The van der Waals surface area contributed by atoms with Crippen LogP contribution in [-0.4, -0.2) is 17.4 Å². The average molecular weight is 295 g/mol. The Morgan fingerprint density at radius 3 is 2.59 bits per heavy atom. The Hall–Kier alpha value is -2.75. The first kappa shape index (κ1) is 14.2. The van der Waals surface area contributed by atoms with Crippen LogP contribution in [0.1, 0.15) is 12.5 Å². The van der Waals surface area contributed by atoms with Crippen molar-refractivity contribution < 1.29 is 14.4 Å². The minimum Gasteiger partial charge on any atom is -0.507 e. The van der Waals surface area contributed by atoms with E-state index >= 15 is 0 Å². The fraction of sp³-hybridized carbons (Fsp3) is 0.167. The highest BCUT2D eigenvalue weighted by molar-refractivity contribution is 5.82. The van der Waals surface area contributed by atoms with Crippen molar-refractivity contribution in [1.29, 1.82) is 0 Å². The molecule has 1 aromatic heterocycles. The SMILES string of the molecule is CCc1cc(-c2oncc2-c2ccccc2)c(O)cc1OC. The third-order valence-electron chi connectivity index (χ3n) is 3.68. The first-order valence-corrected chi connectivity index (χ1v) is 7.15. The lowest BCUT2D eigenvalue weighted by molar-refractivity contribution is 0.401. The minimum atomic E-state index is 0.114. The van der Waals surface area contributed by atoms with Crippen LogP contribution in [-0.2, 0) is 6.42 Å². The quantitative estimate of drug-likeness (QED) is 0.780. The maximum Gasteiger partial charge on any atom is 0.178 e. The monoisotopic (exact) mass is 295 g/mol. The van der Waals surface area contributed by atoms with Gasteiger partial charge in [0.05, 0.1) is 18.9 Å². The van der Waals surface area contributed by atoms with Crippen LogP contribution < -0.4 is 4.74 Å². The van der Waals surface area contributed by atoms with E-state index < -0.39 is 0 Å². The number of hydrogen-bond donors (Lipinski definition) is 1. The van der Waals surface area contributed by atoms with Gasteiger partial charge in [0.1, 0.15) is 11.5 Å². The van der Waals surface area contributed by atoms with E-state index in [4.69, 9.17) is 9.26 Å². The third kappa shape index (κ3) is 2.44. The van der Waals surface area contributed by atoms with E-state index in [0.717, 1.165) is 23.1 Å². The number of phenolic OH excluding ortho intramolecular Hbond substituents is 1. The molecule has 3 rings (SSSR count). The van der Waals surface area contributed by atoms with Crippen molar-refractivity contribution in [3.63, 3.8) is 0 Å². The van der Waals surface area contributed by atoms with E-state index in [0.29, 0.717) is 17.1 Å². The predicted molar refractivity (Wildman–Crippen MR) is 85.0 cm³/mol. The second-order valence-corrected chi connectivity index (χ2v) is 4.97. The number of aromatic nitrogens is 1. The van der Waals surface area contributed by atoms with Crippen LogP contribution in [0.2, 0.25) is 0 Å². The van der Waals surface area contributed by atoms with Gasteiger partial charge in [0.15, 0.2) is 5.76 Å². The zero-order chi connectivity index (χ0) is 15.5. The Bertz CT molecular complexity index is 778. The maximum absolute atomic E-state index is 10.3. The molecule has 0 saturated heterocycles. The number of methoxy groups -OCH3 is 1. The van der Waals surface area contributed by atoms with Gasteiger partial charge in [-0.1, -0.05) is 42.4 Å². The van der Waals surface area contributed by atoms with Crippen LogP contribution >= 0.6 is 0 Å². The normalized spacial score (nSPS) is 10.6. The molecule has 0 unspecified atom stereocenters. The molecule has 112 valence electrons. The number of benzene rings is 2. The summed E-state index contributed by atoms with van der Waals surface area (Å²) in [5.74, 6) is 1.34. The summed E-state index contributed by atoms with van der Waals surface area (Å²) < 4.78 is 10.7. The molecule has 3 aromatic rings. The van der Waals surface area contributed by atoms with E-state index in [-0.39, 0.29) is 5.75 Å². The molecule has 0 fully saturated rings. The molecule has 1 N–H and O–H groups in total. The largest absolute Gasteiger partial charge is 0.507 e. The van der Waals surface area contributed by atoms with Gasteiger partial charge in [-0.3, -0.25) is 0 Å². The molecule has 0 atom stereocenters. The van der Waals surface area contributed by atoms with Crippen LogP contribution in [0.3, 0.4) is 0 Å². The van der Waals surface area contributed by atoms with E-state index in [2.05, 4.69) is 5.16 Å². The topological polar surface area (TPSA) is 55.5 Å². The Kier molecular flexibility index (Phi) is 3.83. The molecular formula is C18H17NO3. The van der Waals surface area contributed by atoms with Crippen molar-refractivity contribution in [1.82, 2.24) is 5.16 Å². The molecule has 0 saturated carbocycles. The van der Waals surface area contributed by atoms with Crippen molar-refractivity contribution in [2.45, 2.75) is 13.3 Å². The summed E-state index contributed by atoms with van der Waals surface area (Å²) in [6, 6.07) is 13.3. The maximum atomic E-state index is 10.3. The van der Waals surface area contributed by atoms with Gasteiger partial charge in [0, 0.05) is 11.6 Å². The third-order valence-corrected chi connectivity index (χ3v) is 3.68. The molecule has 0 amide bonds. The molecule has 0 aliphatic heterocycles. The summed E-state index contributed by atoms with van der Waals surface area (Å²) in [5, 5.41) is 14.2. The van der Waals surface area contributed by atoms with Gasteiger partial charge in [-0.2, -0.15) is 0 Å². The Labute approximate surface area is 129 Å². The average Bonchev–Trinajstić information content (AvgIpc) is 3.04. The van der Waals surface area contributed by atoms with Gasteiger partial charge in [-0.25, -0.2) is 0 Å². The Morgan fingerprint density at radius 2 is 1.91 bits per heavy atom. The van der Waals surface area contributed by atoms with Crippen LogP contribution in [0, 0.1) is 0 Å². The van der Waals surface area contributed by atoms with Crippen LogP contribution in [0.15, 0.2) is 53.2 Å². The fourth-order valence-corrected chi connectivity index (χ4v) is 2.52.